The van der Waals surface area contributed by atoms with Gasteiger partial charge in [0.1, 0.15) is 6.04 Å². The molecule has 1 aromatic carbocycles. The molecule has 0 aliphatic carbocycles. The Morgan fingerprint density at radius 3 is 2.70 bits per heavy atom. The number of nitrogens with one attached hydrogen (secondary N) is 1. The van der Waals surface area contributed by atoms with Crippen LogP contribution in [0, 0.1) is 13.8 Å². The average Bonchev–Trinajstić information content (AvgIpc) is 2.84. The molecule has 3 N–H and O–H groups in total. The third-order valence-corrected chi connectivity index (χ3v) is 3.37. The predicted molar refractivity (Wildman–Crippen MR) is 92.0 cm³/mol. The minimum atomic E-state index is -0.661. The number of rotatable bonds is 6. The number of aryl methyl sites for hydroxylation is 2. The Labute approximate surface area is 142 Å². The number of carbonyl (C=O) groups is 1. The van der Waals surface area contributed by atoms with Crippen LogP contribution in [0.4, 0.5) is 0 Å². The molecule has 0 fully saturated rings. The van der Waals surface area contributed by atoms with E-state index in [4.69, 9.17) is 10.5 Å². The van der Waals surface area contributed by atoms with E-state index in [1.54, 1.807) is 0 Å². The molecule has 6 nitrogen and oxygen atoms in total. The Hall–Kier alpha value is -1.89. The maximum Gasteiger partial charge on any atom is 0.239 e. The molecule has 1 atom stereocenters. The van der Waals surface area contributed by atoms with Crippen LogP contribution in [0.1, 0.15) is 17.0 Å². The van der Waals surface area contributed by atoms with Gasteiger partial charge in [0.2, 0.25) is 5.91 Å². The fourth-order valence-electron chi connectivity index (χ4n) is 2.31. The van der Waals surface area contributed by atoms with Crippen molar-refractivity contribution >= 4 is 18.3 Å². The normalized spacial score (nSPS) is 11.7. The molecule has 0 aliphatic rings. The van der Waals surface area contributed by atoms with Crippen LogP contribution in [0.2, 0.25) is 0 Å². The van der Waals surface area contributed by atoms with Crippen LogP contribution in [-0.2, 0) is 16.1 Å². The van der Waals surface area contributed by atoms with Gasteiger partial charge in [-0.05, 0) is 31.5 Å². The molecule has 7 heteroatoms. The number of hydrogen-bond donors (Lipinski definition) is 2. The van der Waals surface area contributed by atoms with E-state index >= 15 is 0 Å². The highest BCUT2D eigenvalue weighted by Crippen LogP contribution is 2.16. The first kappa shape index (κ1) is 19.2. The second kappa shape index (κ2) is 8.67. The first-order valence-corrected chi connectivity index (χ1v) is 7.16. The van der Waals surface area contributed by atoms with Crippen LogP contribution in [0.15, 0.2) is 30.3 Å². The number of methoxy groups -OCH3 is 1. The van der Waals surface area contributed by atoms with E-state index in [1.807, 2.05) is 48.9 Å². The second-order valence-electron chi connectivity index (χ2n) is 5.25. The molecule has 0 spiro atoms. The Morgan fingerprint density at radius 1 is 1.39 bits per heavy atom. The van der Waals surface area contributed by atoms with E-state index in [-0.39, 0.29) is 24.9 Å². The zero-order valence-corrected chi connectivity index (χ0v) is 14.4. The summed E-state index contributed by atoms with van der Waals surface area (Å²) in [4.78, 5) is 11.9. The minimum absolute atomic E-state index is 0. The highest BCUT2D eigenvalue weighted by Gasteiger charge is 2.14. The van der Waals surface area contributed by atoms with Crippen molar-refractivity contribution in [3.05, 3.63) is 47.3 Å². The van der Waals surface area contributed by atoms with Gasteiger partial charge in [-0.15, -0.1) is 12.4 Å². The molecule has 0 radical (unpaired) electrons. The third-order valence-electron chi connectivity index (χ3n) is 3.37. The zero-order chi connectivity index (χ0) is 16.1. The lowest BCUT2D eigenvalue weighted by Crippen LogP contribution is -2.43. The maximum atomic E-state index is 11.9. The smallest absolute Gasteiger partial charge is 0.239 e. The molecule has 126 valence electrons. The molecule has 23 heavy (non-hydrogen) atoms. The first-order chi connectivity index (χ1) is 10.5. The quantitative estimate of drug-likeness (QED) is 0.836. The molecule has 1 amide bonds. The maximum absolute atomic E-state index is 11.9. The van der Waals surface area contributed by atoms with E-state index < -0.39 is 6.04 Å². The van der Waals surface area contributed by atoms with E-state index in [9.17, 15) is 4.79 Å². The molecule has 2 rings (SSSR count). The van der Waals surface area contributed by atoms with E-state index in [2.05, 4.69) is 10.4 Å². The minimum Gasteiger partial charge on any atom is -0.383 e. The van der Waals surface area contributed by atoms with Gasteiger partial charge in [0.05, 0.1) is 18.0 Å². The number of carbonyl (C=O) groups excluding carboxylic acids is 1. The van der Waals surface area contributed by atoms with Gasteiger partial charge in [0.15, 0.2) is 0 Å². The number of halogens is 1. The number of aromatic nitrogens is 2. The molecule has 2 aromatic rings. The second-order valence-corrected chi connectivity index (χ2v) is 5.25. The summed E-state index contributed by atoms with van der Waals surface area (Å²) in [5.41, 5.74) is 9.65. The Bertz CT molecular complexity index is 657. The van der Waals surface area contributed by atoms with Crippen molar-refractivity contribution in [3.8, 4) is 5.69 Å². The van der Waals surface area contributed by atoms with Crippen molar-refractivity contribution in [1.82, 2.24) is 15.1 Å². The summed E-state index contributed by atoms with van der Waals surface area (Å²) in [5.74, 6) is -0.231. The number of nitrogens with two attached hydrogens (primary N) is 1. The average molecular weight is 339 g/mol. The van der Waals surface area contributed by atoms with E-state index in [1.165, 1.54) is 7.11 Å². The molecular formula is C16H23ClN4O2. The van der Waals surface area contributed by atoms with E-state index in [0.29, 0.717) is 6.54 Å². The lowest BCUT2D eigenvalue weighted by Gasteiger charge is -2.14. The van der Waals surface area contributed by atoms with Gasteiger partial charge in [-0.3, -0.25) is 4.79 Å². The number of ether oxygens (including phenoxy) is 1. The standard InChI is InChI=1S/C16H22N4O2.ClH/c1-11-8-12(2)20(19-11)15-7-5-4-6-13(15)9-18-16(21)14(17)10-22-3;/h4-8,14H,9-10,17H2,1-3H3,(H,18,21);1H. The fraction of sp³-hybridized carbons (Fsp3) is 0.375. The molecular weight excluding hydrogens is 316 g/mol. The van der Waals surface area contributed by atoms with Gasteiger partial charge in [-0.1, -0.05) is 18.2 Å². The Balaban J connectivity index is 0.00000264. The van der Waals surface area contributed by atoms with Gasteiger partial charge in [0, 0.05) is 19.3 Å². The van der Waals surface area contributed by atoms with Gasteiger partial charge < -0.3 is 15.8 Å². The number of para-hydroxylation sites is 1. The fourth-order valence-corrected chi connectivity index (χ4v) is 2.31. The molecule has 1 aromatic heterocycles. The molecule has 0 saturated carbocycles. The van der Waals surface area contributed by atoms with Gasteiger partial charge >= 0.3 is 0 Å². The van der Waals surface area contributed by atoms with Gasteiger partial charge in [-0.2, -0.15) is 5.10 Å². The monoisotopic (exact) mass is 338 g/mol. The van der Waals surface area contributed by atoms with Crippen molar-refractivity contribution in [2.24, 2.45) is 5.73 Å². The van der Waals surface area contributed by atoms with Crippen molar-refractivity contribution in [1.29, 1.82) is 0 Å². The molecule has 0 saturated heterocycles. The molecule has 0 aliphatic heterocycles. The highest BCUT2D eigenvalue weighted by molar-refractivity contribution is 5.85. The van der Waals surface area contributed by atoms with Crippen LogP contribution >= 0.6 is 12.4 Å². The predicted octanol–water partition coefficient (Wildman–Crippen LogP) is 1.50. The van der Waals surface area contributed by atoms with E-state index in [0.717, 1.165) is 22.6 Å². The molecule has 0 bridgehead atoms. The summed E-state index contributed by atoms with van der Waals surface area (Å²) >= 11 is 0. The lowest BCUT2D eigenvalue weighted by molar-refractivity contribution is -0.123. The van der Waals surface area contributed by atoms with Crippen molar-refractivity contribution in [3.63, 3.8) is 0 Å². The number of amides is 1. The number of hydrogen-bond acceptors (Lipinski definition) is 4. The topological polar surface area (TPSA) is 82.2 Å². The van der Waals surface area contributed by atoms with Crippen molar-refractivity contribution in [2.45, 2.75) is 26.4 Å². The molecule has 1 heterocycles. The number of nitrogens with zero attached hydrogens (tertiary/aromatic N) is 2. The van der Waals surface area contributed by atoms with Crippen LogP contribution in [-0.4, -0.2) is 35.4 Å². The summed E-state index contributed by atoms with van der Waals surface area (Å²) in [7, 11) is 1.52. The van der Waals surface area contributed by atoms with Crippen LogP contribution in [0.25, 0.3) is 5.69 Å². The SMILES string of the molecule is COCC(N)C(=O)NCc1ccccc1-n1nc(C)cc1C.Cl. The molecule has 1 unspecified atom stereocenters. The third kappa shape index (κ3) is 4.79. The Morgan fingerprint density at radius 2 is 2.09 bits per heavy atom. The summed E-state index contributed by atoms with van der Waals surface area (Å²) in [6.45, 7) is 4.55. The summed E-state index contributed by atoms with van der Waals surface area (Å²) in [5, 5.41) is 7.33. The van der Waals surface area contributed by atoms with Crippen LogP contribution in [0.5, 0.6) is 0 Å². The largest absolute Gasteiger partial charge is 0.383 e. The Kier molecular flexibility index (Phi) is 7.22. The summed E-state index contributed by atoms with van der Waals surface area (Å²) in [6.07, 6.45) is 0. The first-order valence-electron chi connectivity index (χ1n) is 7.16. The van der Waals surface area contributed by atoms with Gasteiger partial charge in [0.25, 0.3) is 0 Å². The summed E-state index contributed by atoms with van der Waals surface area (Å²) in [6, 6.07) is 9.19. The zero-order valence-electron chi connectivity index (χ0n) is 13.6. The number of benzene rings is 1. The summed E-state index contributed by atoms with van der Waals surface area (Å²) < 4.78 is 6.77. The van der Waals surface area contributed by atoms with Crippen LogP contribution in [0.3, 0.4) is 0 Å². The highest BCUT2D eigenvalue weighted by atomic mass is 35.5. The van der Waals surface area contributed by atoms with Gasteiger partial charge in [-0.25, -0.2) is 4.68 Å². The van der Waals surface area contributed by atoms with Crippen molar-refractivity contribution in [2.75, 3.05) is 13.7 Å². The van der Waals surface area contributed by atoms with Crippen LogP contribution < -0.4 is 11.1 Å². The van der Waals surface area contributed by atoms with Crippen molar-refractivity contribution < 1.29 is 9.53 Å². The lowest BCUT2D eigenvalue weighted by atomic mass is 10.1.